The van der Waals surface area contributed by atoms with Crippen molar-refractivity contribution in [3.8, 4) is 0 Å². The van der Waals surface area contributed by atoms with Gasteiger partial charge in [0.1, 0.15) is 6.04 Å². The molecule has 0 aliphatic rings. The number of carboxylic acids is 1. The number of hydrogen-bond acceptors (Lipinski definition) is 4. The zero-order valence-electron chi connectivity index (χ0n) is 8.02. The van der Waals surface area contributed by atoms with Crippen molar-refractivity contribution in [1.82, 2.24) is 11.1 Å². The lowest BCUT2D eigenvalue weighted by molar-refractivity contribution is -0.141. The minimum atomic E-state index is -1.33. The van der Waals surface area contributed by atoms with Crippen LogP contribution in [0.2, 0.25) is 0 Å². The maximum absolute atomic E-state index is 10.1. The molecule has 1 atom stereocenters. The molecule has 0 aliphatic carbocycles. The van der Waals surface area contributed by atoms with Crippen LogP contribution in [0.4, 0.5) is 4.79 Å². The smallest absolute Gasteiger partial charge is 0.402 e. The average molecular weight is 195 g/mol. The first-order valence-corrected chi connectivity index (χ1v) is 3.16. The predicted molar refractivity (Wildman–Crippen MR) is 48.0 cm³/mol. The SMILES string of the molecule is CC(C(=O)O)N(C)C.N.NC(=O)O. The summed E-state index contributed by atoms with van der Waals surface area (Å²) in [4.78, 5) is 20.5. The van der Waals surface area contributed by atoms with Crippen LogP contribution in [0.1, 0.15) is 6.92 Å². The first-order chi connectivity index (χ1) is 5.29. The van der Waals surface area contributed by atoms with E-state index in [2.05, 4.69) is 5.73 Å². The fourth-order valence-corrected chi connectivity index (χ4v) is 0.221. The van der Waals surface area contributed by atoms with Crippen LogP contribution in [-0.4, -0.2) is 47.3 Å². The van der Waals surface area contributed by atoms with E-state index in [1.54, 1.807) is 25.9 Å². The van der Waals surface area contributed by atoms with Gasteiger partial charge < -0.3 is 22.1 Å². The van der Waals surface area contributed by atoms with Crippen LogP contribution in [-0.2, 0) is 4.79 Å². The summed E-state index contributed by atoms with van der Waals surface area (Å²) in [6, 6.07) is -0.380. The lowest BCUT2D eigenvalue weighted by atomic mass is 10.3. The van der Waals surface area contributed by atoms with E-state index < -0.39 is 12.1 Å². The van der Waals surface area contributed by atoms with Crippen LogP contribution < -0.4 is 11.9 Å². The average Bonchev–Trinajstić information content (AvgIpc) is 1.84. The Morgan fingerprint density at radius 3 is 1.54 bits per heavy atom. The van der Waals surface area contributed by atoms with E-state index in [9.17, 15) is 4.79 Å². The molecule has 0 spiro atoms. The predicted octanol–water partition coefficient (Wildman–Crippen LogP) is -0.194. The summed E-state index contributed by atoms with van der Waals surface area (Å²) in [6.07, 6.45) is -1.33. The molecule has 7 N–H and O–H groups in total. The fraction of sp³-hybridized carbons (Fsp3) is 0.667. The normalized spacial score (nSPS) is 10.5. The van der Waals surface area contributed by atoms with Crippen molar-refractivity contribution >= 4 is 12.1 Å². The van der Waals surface area contributed by atoms with E-state index in [4.69, 9.17) is 15.0 Å². The van der Waals surface area contributed by atoms with Gasteiger partial charge in [-0.15, -0.1) is 0 Å². The second-order valence-electron chi connectivity index (χ2n) is 2.32. The molecule has 0 fully saturated rings. The van der Waals surface area contributed by atoms with Crippen molar-refractivity contribution in [3.05, 3.63) is 0 Å². The molecule has 7 nitrogen and oxygen atoms in total. The lowest BCUT2D eigenvalue weighted by Crippen LogP contribution is -2.32. The first-order valence-electron chi connectivity index (χ1n) is 3.16. The molecule has 0 aromatic heterocycles. The monoisotopic (exact) mass is 195 g/mol. The molecular formula is C6H17N3O4. The summed E-state index contributed by atoms with van der Waals surface area (Å²) in [5, 5.41) is 15.5. The first kappa shape index (κ1) is 17.7. The van der Waals surface area contributed by atoms with Crippen molar-refractivity contribution in [3.63, 3.8) is 0 Å². The molecule has 80 valence electrons. The van der Waals surface area contributed by atoms with Gasteiger partial charge in [0.25, 0.3) is 0 Å². The van der Waals surface area contributed by atoms with E-state index in [1.165, 1.54) is 0 Å². The Kier molecular flexibility index (Phi) is 11.9. The Balaban J connectivity index is -0.000000173. The van der Waals surface area contributed by atoms with Gasteiger partial charge in [0.2, 0.25) is 0 Å². The Morgan fingerprint density at radius 1 is 1.31 bits per heavy atom. The molecule has 0 heterocycles. The number of rotatable bonds is 2. The van der Waals surface area contributed by atoms with Crippen molar-refractivity contribution < 1.29 is 19.8 Å². The van der Waals surface area contributed by atoms with Crippen molar-refractivity contribution in [1.29, 1.82) is 0 Å². The van der Waals surface area contributed by atoms with E-state index in [-0.39, 0.29) is 12.2 Å². The highest BCUT2D eigenvalue weighted by atomic mass is 16.4. The number of likely N-dealkylation sites (N-methyl/N-ethyl adjacent to an activating group) is 1. The van der Waals surface area contributed by atoms with Crippen LogP contribution in [0.15, 0.2) is 0 Å². The minimum Gasteiger partial charge on any atom is -0.480 e. The summed E-state index contributed by atoms with van der Waals surface area (Å²) < 4.78 is 0. The Hall–Kier alpha value is -1.34. The van der Waals surface area contributed by atoms with Gasteiger partial charge in [0.05, 0.1) is 0 Å². The Bertz CT molecular complexity index is 156. The minimum absolute atomic E-state index is 0. The number of hydrogen-bond donors (Lipinski definition) is 4. The van der Waals surface area contributed by atoms with Gasteiger partial charge in [-0.05, 0) is 21.0 Å². The maximum atomic E-state index is 10.1. The van der Waals surface area contributed by atoms with Gasteiger partial charge in [0.15, 0.2) is 0 Å². The third kappa shape index (κ3) is 18.0. The molecule has 0 aromatic rings. The highest BCUT2D eigenvalue weighted by molar-refractivity contribution is 5.72. The van der Waals surface area contributed by atoms with E-state index in [0.717, 1.165) is 0 Å². The zero-order chi connectivity index (χ0) is 10.3. The third-order valence-corrected chi connectivity index (χ3v) is 1.13. The number of carbonyl (C=O) groups is 2. The summed E-state index contributed by atoms with van der Waals surface area (Å²) in [6.45, 7) is 1.64. The van der Waals surface area contributed by atoms with E-state index in [0.29, 0.717) is 0 Å². The molecule has 13 heavy (non-hydrogen) atoms. The van der Waals surface area contributed by atoms with Gasteiger partial charge in [-0.3, -0.25) is 9.69 Å². The number of nitrogens with zero attached hydrogens (tertiary/aromatic N) is 1. The molecule has 0 aromatic carbocycles. The summed E-state index contributed by atoms with van der Waals surface area (Å²) in [5.74, 6) is -0.782. The third-order valence-electron chi connectivity index (χ3n) is 1.13. The second kappa shape index (κ2) is 8.75. The lowest BCUT2D eigenvalue weighted by Gasteiger charge is -2.13. The molecule has 0 rings (SSSR count). The second-order valence-corrected chi connectivity index (χ2v) is 2.32. The summed E-state index contributed by atoms with van der Waals surface area (Å²) in [7, 11) is 3.47. The quantitative estimate of drug-likeness (QED) is 0.481. The number of nitrogens with two attached hydrogens (primary N) is 1. The molecule has 0 aliphatic heterocycles. The Labute approximate surface area is 76.7 Å². The van der Waals surface area contributed by atoms with Crippen molar-refractivity contribution in [2.75, 3.05) is 14.1 Å². The molecular weight excluding hydrogens is 178 g/mol. The van der Waals surface area contributed by atoms with Gasteiger partial charge in [-0.25, -0.2) is 4.79 Å². The van der Waals surface area contributed by atoms with Crippen LogP contribution in [0.3, 0.4) is 0 Å². The van der Waals surface area contributed by atoms with Crippen LogP contribution in [0, 0.1) is 0 Å². The number of carboxylic acid groups (broad SMARTS) is 2. The highest BCUT2D eigenvalue weighted by Crippen LogP contribution is 1.88. The molecule has 1 unspecified atom stereocenters. The number of primary amides is 1. The molecule has 0 saturated heterocycles. The topological polar surface area (TPSA) is 139 Å². The van der Waals surface area contributed by atoms with Gasteiger partial charge >= 0.3 is 12.1 Å². The zero-order valence-corrected chi connectivity index (χ0v) is 8.02. The largest absolute Gasteiger partial charge is 0.480 e. The van der Waals surface area contributed by atoms with E-state index in [1.807, 2.05) is 0 Å². The summed E-state index contributed by atoms with van der Waals surface area (Å²) in [5.41, 5.74) is 4.03. The van der Waals surface area contributed by atoms with Crippen LogP contribution >= 0.6 is 0 Å². The highest BCUT2D eigenvalue weighted by Gasteiger charge is 2.11. The number of aliphatic carboxylic acids is 1. The van der Waals surface area contributed by atoms with Crippen molar-refractivity contribution in [2.45, 2.75) is 13.0 Å². The standard InChI is InChI=1S/C5H11NO2.CH3NO2.H3N/c1-4(5(7)8)6(2)3;2-1(3)4;/h4H,1-3H3,(H,7,8);2H2,(H,3,4);1H3. The van der Waals surface area contributed by atoms with Gasteiger partial charge in [-0.2, -0.15) is 0 Å². The molecule has 0 bridgehead atoms. The maximum Gasteiger partial charge on any atom is 0.402 e. The summed E-state index contributed by atoms with van der Waals surface area (Å²) >= 11 is 0. The van der Waals surface area contributed by atoms with Crippen LogP contribution in [0.25, 0.3) is 0 Å². The molecule has 7 heteroatoms. The van der Waals surface area contributed by atoms with Gasteiger partial charge in [-0.1, -0.05) is 0 Å². The number of amides is 1. The molecule has 0 saturated carbocycles. The van der Waals surface area contributed by atoms with Crippen LogP contribution in [0.5, 0.6) is 0 Å². The van der Waals surface area contributed by atoms with Gasteiger partial charge in [0, 0.05) is 0 Å². The molecule has 1 amide bonds. The fourth-order valence-electron chi connectivity index (χ4n) is 0.221. The Morgan fingerprint density at radius 2 is 1.54 bits per heavy atom. The van der Waals surface area contributed by atoms with Crippen molar-refractivity contribution in [2.24, 2.45) is 5.73 Å². The van der Waals surface area contributed by atoms with E-state index >= 15 is 0 Å². The molecule has 0 radical (unpaired) electrons.